The normalized spacial score (nSPS) is 10.9. The van der Waals surface area contributed by atoms with Crippen molar-refractivity contribution in [3.8, 4) is 0 Å². The number of carbonyl (C=O) groups excluding carboxylic acids is 1. The van der Waals surface area contributed by atoms with Crippen LogP contribution >= 0.6 is 11.3 Å². The van der Waals surface area contributed by atoms with Crippen molar-refractivity contribution in [2.45, 2.75) is 6.54 Å². The van der Waals surface area contributed by atoms with Crippen LogP contribution in [0.4, 0.5) is 9.52 Å². The number of anilines is 1. The first-order valence-electron chi connectivity index (χ1n) is 7.74. The third-order valence-electron chi connectivity index (χ3n) is 3.98. The molecule has 4 rings (SSSR count). The van der Waals surface area contributed by atoms with Gasteiger partial charge in [0.15, 0.2) is 5.13 Å². The van der Waals surface area contributed by atoms with Crippen molar-refractivity contribution in [2.24, 2.45) is 0 Å². The van der Waals surface area contributed by atoms with Crippen LogP contribution in [0.1, 0.15) is 15.9 Å². The molecule has 0 saturated heterocycles. The highest BCUT2D eigenvalue weighted by Crippen LogP contribution is 2.24. The minimum atomic E-state index is -0.255. The number of rotatable bonds is 4. The number of para-hydroxylation sites is 1. The zero-order chi connectivity index (χ0) is 17.2. The van der Waals surface area contributed by atoms with E-state index in [4.69, 9.17) is 0 Å². The van der Waals surface area contributed by atoms with E-state index in [2.05, 4.69) is 10.3 Å². The van der Waals surface area contributed by atoms with Gasteiger partial charge in [0.05, 0.1) is 12.1 Å². The van der Waals surface area contributed by atoms with Crippen LogP contribution in [0.2, 0.25) is 0 Å². The zero-order valence-electron chi connectivity index (χ0n) is 13.1. The van der Waals surface area contributed by atoms with Crippen molar-refractivity contribution in [3.63, 3.8) is 0 Å². The molecule has 0 unspecified atom stereocenters. The fraction of sp³-hybridized carbons (Fsp3) is 0.0526. The molecule has 0 bridgehead atoms. The summed E-state index contributed by atoms with van der Waals surface area (Å²) in [5.41, 5.74) is 2.01. The molecule has 2 heterocycles. The number of fused-ring (bicyclic) bond motifs is 1. The number of benzene rings is 2. The van der Waals surface area contributed by atoms with Crippen LogP contribution in [-0.2, 0) is 6.54 Å². The van der Waals surface area contributed by atoms with E-state index < -0.39 is 0 Å². The maximum absolute atomic E-state index is 14.0. The Bertz CT molecular complexity index is 1040. The molecule has 2 aromatic carbocycles. The number of halogens is 1. The quantitative estimate of drug-likeness (QED) is 0.587. The Labute approximate surface area is 147 Å². The SMILES string of the molecule is O=C(Nc1nccs1)c1cn(Cc2ccccc2F)c2ccccc12. The zero-order valence-corrected chi connectivity index (χ0v) is 14.0. The van der Waals surface area contributed by atoms with Gasteiger partial charge in [-0.3, -0.25) is 10.1 Å². The molecular weight excluding hydrogens is 337 g/mol. The lowest BCUT2D eigenvalue weighted by Gasteiger charge is -2.06. The average molecular weight is 351 g/mol. The van der Waals surface area contributed by atoms with E-state index >= 15 is 0 Å². The lowest BCUT2D eigenvalue weighted by atomic mass is 10.1. The van der Waals surface area contributed by atoms with Gasteiger partial charge in [0, 0.05) is 34.2 Å². The summed E-state index contributed by atoms with van der Waals surface area (Å²) in [6, 6.07) is 14.3. The number of hydrogen-bond donors (Lipinski definition) is 1. The Kier molecular flexibility index (Phi) is 4.03. The Balaban J connectivity index is 1.74. The maximum atomic E-state index is 14.0. The second-order valence-electron chi connectivity index (χ2n) is 5.57. The molecule has 2 aromatic heterocycles. The lowest BCUT2D eigenvalue weighted by Crippen LogP contribution is -2.11. The van der Waals surface area contributed by atoms with Crippen LogP contribution in [0.15, 0.2) is 66.3 Å². The fourth-order valence-corrected chi connectivity index (χ4v) is 3.34. The van der Waals surface area contributed by atoms with Crippen LogP contribution in [-0.4, -0.2) is 15.5 Å². The van der Waals surface area contributed by atoms with Gasteiger partial charge in [-0.25, -0.2) is 9.37 Å². The minimum absolute atomic E-state index is 0.224. The Hall–Kier alpha value is -2.99. The summed E-state index contributed by atoms with van der Waals surface area (Å²) in [6.45, 7) is 0.359. The molecule has 0 atom stereocenters. The Morgan fingerprint density at radius 2 is 1.96 bits per heavy atom. The summed E-state index contributed by atoms with van der Waals surface area (Å²) in [5.74, 6) is -0.479. The monoisotopic (exact) mass is 351 g/mol. The first kappa shape index (κ1) is 15.5. The van der Waals surface area contributed by atoms with Crippen LogP contribution in [0.5, 0.6) is 0 Å². The molecule has 1 N–H and O–H groups in total. The van der Waals surface area contributed by atoms with Crippen LogP contribution in [0.3, 0.4) is 0 Å². The molecule has 1 amide bonds. The van der Waals surface area contributed by atoms with E-state index in [-0.39, 0.29) is 11.7 Å². The van der Waals surface area contributed by atoms with Crippen molar-refractivity contribution >= 4 is 33.3 Å². The van der Waals surface area contributed by atoms with Gasteiger partial charge >= 0.3 is 0 Å². The minimum Gasteiger partial charge on any atom is -0.342 e. The molecule has 0 aliphatic heterocycles. The van der Waals surface area contributed by atoms with E-state index in [1.54, 1.807) is 36.0 Å². The first-order chi connectivity index (χ1) is 12.2. The molecule has 124 valence electrons. The van der Waals surface area contributed by atoms with Gasteiger partial charge in [-0.1, -0.05) is 36.4 Å². The summed E-state index contributed by atoms with van der Waals surface area (Å²) in [6.07, 6.45) is 3.40. The van der Waals surface area contributed by atoms with Gasteiger partial charge in [-0.2, -0.15) is 0 Å². The van der Waals surface area contributed by atoms with Gasteiger partial charge in [0.2, 0.25) is 0 Å². The van der Waals surface area contributed by atoms with Crippen LogP contribution in [0.25, 0.3) is 10.9 Å². The highest BCUT2D eigenvalue weighted by atomic mass is 32.1. The van der Waals surface area contributed by atoms with E-state index in [1.807, 2.05) is 28.8 Å². The number of aromatic nitrogens is 2. The third kappa shape index (κ3) is 3.04. The molecule has 4 nitrogen and oxygen atoms in total. The topological polar surface area (TPSA) is 46.9 Å². The average Bonchev–Trinajstić information content (AvgIpc) is 3.25. The summed E-state index contributed by atoms with van der Waals surface area (Å²) >= 11 is 1.36. The molecule has 0 aliphatic rings. The number of amides is 1. The summed E-state index contributed by atoms with van der Waals surface area (Å²) in [5, 5.41) is 5.98. The maximum Gasteiger partial charge on any atom is 0.259 e. The van der Waals surface area contributed by atoms with Crippen molar-refractivity contribution in [1.29, 1.82) is 0 Å². The standard InChI is InChI=1S/C19H14FN3OS/c20-16-7-3-1-5-13(16)11-23-12-15(14-6-2-4-8-17(14)23)18(24)22-19-21-9-10-25-19/h1-10,12H,11H2,(H,21,22,24). The highest BCUT2D eigenvalue weighted by molar-refractivity contribution is 7.13. The van der Waals surface area contributed by atoms with Crippen molar-refractivity contribution in [2.75, 3.05) is 5.32 Å². The lowest BCUT2D eigenvalue weighted by molar-refractivity contribution is 0.102. The Morgan fingerprint density at radius 3 is 2.76 bits per heavy atom. The number of carbonyl (C=O) groups is 1. The second-order valence-corrected chi connectivity index (χ2v) is 6.47. The molecule has 0 radical (unpaired) electrons. The van der Waals surface area contributed by atoms with E-state index in [1.165, 1.54) is 17.4 Å². The van der Waals surface area contributed by atoms with Gasteiger partial charge in [-0.05, 0) is 12.1 Å². The van der Waals surface area contributed by atoms with Gasteiger partial charge in [0.25, 0.3) is 5.91 Å². The van der Waals surface area contributed by atoms with E-state index in [0.29, 0.717) is 22.8 Å². The smallest absolute Gasteiger partial charge is 0.259 e. The predicted molar refractivity (Wildman–Crippen MR) is 97.5 cm³/mol. The Morgan fingerprint density at radius 1 is 1.16 bits per heavy atom. The molecule has 6 heteroatoms. The third-order valence-corrected chi connectivity index (χ3v) is 4.67. The number of nitrogens with zero attached hydrogens (tertiary/aromatic N) is 2. The summed E-state index contributed by atoms with van der Waals surface area (Å²) < 4.78 is 15.9. The molecule has 4 aromatic rings. The molecule has 0 spiro atoms. The van der Waals surface area contributed by atoms with Crippen molar-refractivity contribution in [1.82, 2.24) is 9.55 Å². The molecular formula is C19H14FN3OS. The molecule has 0 fully saturated rings. The molecule has 0 saturated carbocycles. The van der Waals surface area contributed by atoms with Crippen molar-refractivity contribution < 1.29 is 9.18 Å². The molecule has 25 heavy (non-hydrogen) atoms. The van der Waals surface area contributed by atoms with Crippen LogP contribution < -0.4 is 5.32 Å². The number of thiazole rings is 1. The van der Waals surface area contributed by atoms with Gasteiger partial charge < -0.3 is 4.57 Å². The number of nitrogens with one attached hydrogen (secondary N) is 1. The first-order valence-corrected chi connectivity index (χ1v) is 8.62. The fourth-order valence-electron chi connectivity index (χ4n) is 2.82. The van der Waals surface area contributed by atoms with Crippen LogP contribution in [0, 0.1) is 5.82 Å². The molecule has 0 aliphatic carbocycles. The van der Waals surface area contributed by atoms with E-state index in [9.17, 15) is 9.18 Å². The number of hydrogen-bond acceptors (Lipinski definition) is 3. The van der Waals surface area contributed by atoms with Crippen molar-refractivity contribution in [3.05, 3.63) is 83.2 Å². The second kappa shape index (κ2) is 6.49. The highest BCUT2D eigenvalue weighted by Gasteiger charge is 2.16. The summed E-state index contributed by atoms with van der Waals surface area (Å²) in [7, 11) is 0. The van der Waals surface area contributed by atoms with Gasteiger partial charge in [0.1, 0.15) is 5.82 Å². The largest absolute Gasteiger partial charge is 0.342 e. The van der Waals surface area contributed by atoms with E-state index in [0.717, 1.165) is 10.9 Å². The van der Waals surface area contributed by atoms with Gasteiger partial charge in [-0.15, -0.1) is 11.3 Å². The predicted octanol–water partition coefficient (Wildman–Crippen LogP) is 4.54. The summed E-state index contributed by atoms with van der Waals surface area (Å²) in [4.78, 5) is 16.7.